The Morgan fingerprint density at radius 3 is 2.60 bits per heavy atom. The molecule has 0 spiro atoms. The van der Waals surface area contributed by atoms with E-state index in [2.05, 4.69) is 21.2 Å². The molecule has 0 radical (unpaired) electrons. The van der Waals surface area contributed by atoms with E-state index >= 15 is 0 Å². The number of benzene rings is 1. The second kappa shape index (κ2) is 6.02. The van der Waals surface area contributed by atoms with Crippen molar-refractivity contribution in [1.29, 1.82) is 0 Å². The molecule has 1 N–H and O–H groups in total. The molecular formula is C15H15BrClNO2. The summed E-state index contributed by atoms with van der Waals surface area (Å²) in [4.78, 5) is 12.2. The third-order valence-electron chi connectivity index (χ3n) is 3.08. The van der Waals surface area contributed by atoms with Crippen LogP contribution in [0.3, 0.4) is 0 Å². The smallest absolute Gasteiger partial charge is 0.251 e. The molecule has 2 aromatic rings. The number of hydrogen-bond donors (Lipinski definition) is 1. The Bertz CT molecular complexity index is 651. The van der Waals surface area contributed by atoms with Crippen molar-refractivity contribution in [2.24, 2.45) is 0 Å². The number of nitrogens with one attached hydrogen (secondary N) is 1. The Morgan fingerprint density at radius 1 is 1.35 bits per heavy atom. The van der Waals surface area contributed by atoms with Gasteiger partial charge in [-0.2, -0.15) is 0 Å². The van der Waals surface area contributed by atoms with Crippen molar-refractivity contribution in [3.8, 4) is 0 Å². The molecule has 1 atom stereocenters. The van der Waals surface area contributed by atoms with Crippen LogP contribution in [-0.4, -0.2) is 5.91 Å². The molecule has 0 aliphatic carbocycles. The zero-order valence-corrected chi connectivity index (χ0v) is 13.8. The van der Waals surface area contributed by atoms with Crippen LogP contribution in [0.15, 0.2) is 33.2 Å². The highest BCUT2D eigenvalue weighted by molar-refractivity contribution is 9.10. The van der Waals surface area contributed by atoms with Gasteiger partial charge in [0.25, 0.3) is 5.91 Å². The molecule has 106 valence electrons. The summed E-state index contributed by atoms with van der Waals surface area (Å²) in [5, 5.41) is 3.53. The fourth-order valence-corrected chi connectivity index (χ4v) is 2.57. The number of furan rings is 1. The van der Waals surface area contributed by atoms with Gasteiger partial charge in [-0.25, -0.2) is 0 Å². The van der Waals surface area contributed by atoms with E-state index in [-0.39, 0.29) is 11.9 Å². The van der Waals surface area contributed by atoms with Crippen molar-refractivity contribution in [2.75, 3.05) is 0 Å². The Balaban J connectivity index is 2.15. The normalized spacial score (nSPS) is 12.2. The van der Waals surface area contributed by atoms with Gasteiger partial charge < -0.3 is 9.73 Å². The summed E-state index contributed by atoms with van der Waals surface area (Å²) in [5.41, 5.74) is 1.55. The van der Waals surface area contributed by atoms with Crippen molar-refractivity contribution in [1.82, 2.24) is 5.32 Å². The van der Waals surface area contributed by atoms with Crippen LogP contribution in [0.5, 0.6) is 0 Å². The average molecular weight is 357 g/mol. The Kier molecular flexibility index (Phi) is 4.55. The first-order valence-corrected chi connectivity index (χ1v) is 7.38. The molecule has 0 saturated heterocycles. The van der Waals surface area contributed by atoms with Crippen LogP contribution in [0.2, 0.25) is 5.02 Å². The number of hydrogen-bond acceptors (Lipinski definition) is 2. The molecule has 20 heavy (non-hydrogen) atoms. The first-order valence-electron chi connectivity index (χ1n) is 6.21. The minimum absolute atomic E-state index is 0.116. The van der Waals surface area contributed by atoms with E-state index in [0.717, 1.165) is 17.1 Å². The third kappa shape index (κ3) is 3.25. The maximum Gasteiger partial charge on any atom is 0.251 e. The lowest BCUT2D eigenvalue weighted by molar-refractivity contribution is 0.0939. The number of carbonyl (C=O) groups is 1. The number of amides is 1. The van der Waals surface area contributed by atoms with Gasteiger partial charge >= 0.3 is 0 Å². The van der Waals surface area contributed by atoms with Crippen LogP contribution in [0.25, 0.3) is 0 Å². The molecule has 5 heteroatoms. The molecular weight excluding hydrogens is 342 g/mol. The van der Waals surface area contributed by atoms with Crippen molar-refractivity contribution in [2.45, 2.75) is 26.8 Å². The highest BCUT2D eigenvalue weighted by Crippen LogP contribution is 2.24. The van der Waals surface area contributed by atoms with Crippen LogP contribution >= 0.6 is 27.5 Å². The van der Waals surface area contributed by atoms with Gasteiger partial charge in [0, 0.05) is 15.6 Å². The van der Waals surface area contributed by atoms with Gasteiger partial charge in [0.1, 0.15) is 11.5 Å². The summed E-state index contributed by atoms with van der Waals surface area (Å²) in [6.45, 7) is 5.71. The molecule has 3 nitrogen and oxygen atoms in total. The van der Waals surface area contributed by atoms with Gasteiger partial charge in [-0.1, -0.05) is 11.6 Å². The van der Waals surface area contributed by atoms with Crippen molar-refractivity contribution in [3.05, 3.63) is 56.4 Å². The van der Waals surface area contributed by atoms with Crippen molar-refractivity contribution >= 4 is 33.4 Å². The second-order valence-electron chi connectivity index (χ2n) is 4.69. The molecule has 0 aliphatic heterocycles. The summed E-state index contributed by atoms with van der Waals surface area (Å²) < 4.78 is 6.19. The topological polar surface area (TPSA) is 42.2 Å². The van der Waals surface area contributed by atoms with E-state index in [1.165, 1.54) is 0 Å². The minimum Gasteiger partial charge on any atom is -0.466 e. The molecule has 2 rings (SSSR count). The minimum atomic E-state index is -0.145. The van der Waals surface area contributed by atoms with Gasteiger partial charge in [-0.3, -0.25) is 4.79 Å². The first kappa shape index (κ1) is 15.1. The van der Waals surface area contributed by atoms with E-state index < -0.39 is 0 Å². The Labute approximate surface area is 131 Å². The predicted molar refractivity (Wildman–Crippen MR) is 83.2 cm³/mol. The first-order chi connectivity index (χ1) is 9.38. The maximum absolute atomic E-state index is 12.2. The summed E-state index contributed by atoms with van der Waals surface area (Å²) in [6.07, 6.45) is 0. The molecule has 0 bridgehead atoms. The third-order valence-corrected chi connectivity index (χ3v) is 4.29. The molecule has 1 aromatic carbocycles. The molecule has 0 fully saturated rings. The number of aryl methyl sites for hydroxylation is 2. The standard InChI is InChI=1S/C15H15BrClNO2/c1-8-6-12(10(3)20-8)9(2)18-15(19)11-4-5-14(17)13(16)7-11/h4-7,9H,1-3H3,(H,18,19). The number of halogens is 2. The molecule has 1 aromatic heterocycles. The SMILES string of the molecule is Cc1cc(C(C)NC(=O)c2ccc(Cl)c(Br)c2)c(C)o1. The van der Waals surface area contributed by atoms with E-state index in [0.29, 0.717) is 15.1 Å². The summed E-state index contributed by atoms with van der Waals surface area (Å²) >= 11 is 9.23. The highest BCUT2D eigenvalue weighted by atomic mass is 79.9. The zero-order valence-electron chi connectivity index (χ0n) is 11.5. The number of rotatable bonds is 3. The fourth-order valence-electron chi connectivity index (χ4n) is 2.08. The number of carbonyl (C=O) groups excluding carboxylic acids is 1. The molecule has 1 amide bonds. The lowest BCUT2D eigenvalue weighted by Crippen LogP contribution is -2.26. The molecule has 1 unspecified atom stereocenters. The van der Waals surface area contributed by atoms with Crippen LogP contribution in [-0.2, 0) is 0 Å². The monoisotopic (exact) mass is 355 g/mol. The van der Waals surface area contributed by atoms with Gasteiger partial charge in [-0.15, -0.1) is 0 Å². The van der Waals surface area contributed by atoms with E-state index in [1.54, 1.807) is 18.2 Å². The molecule has 1 heterocycles. The second-order valence-corrected chi connectivity index (χ2v) is 5.95. The largest absolute Gasteiger partial charge is 0.466 e. The molecule has 0 aliphatic rings. The van der Waals surface area contributed by atoms with Gasteiger partial charge in [0.05, 0.1) is 11.1 Å². The predicted octanol–water partition coefficient (Wildman–Crippen LogP) is 4.80. The van der Waals surface area contributed by atoms with E-state index in [4.69, 9.17) is 16.0 Å². The summed E-state index contributed by atoms with van der Waals surface area (Å²) in [7, 11) is 0. The van der Waals surface area contributed by atoms with Gasteiger partial charge in [-0.05, 0) is 61.0 Å². The zero-order chi connectivity index (χ0) is 14.9. The highest BCUT2D eigenvalue weighted by Gasteiger charge is 2.16. The van der Waals surface area contributed by atoms with E-state index in [9.17, 15) is 4.79 Å². The quantitative estimate of drug-likeness (QED) is 0.858. The van der Waals surface area contributed by atoms with Gasteiger partial charge in [0.15, 0.2) is 0 Å². The average Bonchev–Trinajstić information content (AvgIpc) is 2.71. The van der Waals surface area contributed by atoms with Crippen molar-refractivity contribution < 1.29 is 9.21 Å². The lowest BCUT2D eigenvalue weighted by atomic mass is 10.1. The Morgan fingerprint density at radius 2 is 2.05 bits per heavy atom. The van der Waals surface area contributed by atoms with Gasteiger partial charge in [0.2, 0.25) is 0 Å². The van der Waals surface area contributed by atoms with Crippen molar-refractivity contribution in [3.63, 3.8) is 0 Å². The lowest BCUT2D eigenvalue weighted by Gasteiger charge is -2.13. The fraction of sp³-hybridized carbons (Fsp3) is 0.267. The van der Waals surface area contributed by atoms with Crippen LogP contribution in [0.1, 0.15) is 40.4 Å². The molecule has 0 saturated carbocycles. The van der Waals surface area contributed by atoms with Crippen LogP contribution in [0, 0.1) is 13.8 Å². The summed E-state index contributed by atoms with van der Waals surface area (Å²) in [5.74, 6) is 1.52. The van der Waals surface area contributed by atoms with Crippen LogP contribution in [0.4, 0.5) is 0 Å². The van der Waals surface area contributed by atoms with Crippen LogP contribution < -0.4 is 5.32 Å². The maximum atomic E-state index is 12.2. The van der Waals surface area contributed by atoms with E-state index in [1.807, 2.05) is 26.8 Å². The Hall–Kier alpha value is -1.26. The summed E-state index contributed by atoms with van der Waals surface area (Å²) in [6, 6.07) is 6.92.